The Labute approximate surface area is 124 Å². The van der Waals surface area contributed by atoms with Crippen molar-refractivity contribution >= 4 is 22.7 Å². The van der Waals surface area contributed by atoms with Gasteiger partial charge >= 0.3 is 0 Å². The highest BCUT2D eigenvalue weighted by Gasteiger charge is 2.15. The predicted octanol–water partition coefficient (Wildman–Crippen LogP) is 4.54. The molecule has 0 bridgehead atoms. The van der Waals surface area contributed by atoms with Crippen molar-refractivity contribution in [1.29, 1.82) is 0 Å². The van der Waals surface area contributed by atoms with E-state index in [1.54, 1.807) is 30.3 Å². The monoisotopic (exact) mass is 306 g/mol. The SMILES string of the molecule is OC(CSc1ccc(F)cc1)c1cc2cccc(F)c2o1. The molecule has 0 radical (unpaired) electrons. The zero-order valence-corrected chi connectivity index (χ0v) is 11.7. The fourth-order valence-corrected chi connectivity index (χ4v) is 2.84. The normalized spacial score (nSPS) is 12.7. The highest BCUT2D eigenvalue weighted by molar-refractivity contribution is 7.99. The first-order chi connectivity index (χ1) is 10.1. The predicted molar refractivity (Wildman–Crippen MR) is 78.3 cm³/mol. The summed E-state index contributed by atoms with van der Waals surface area (Å²) in [5.41, 5.74) is 0.151. The number of furan rings is 1. The summed E-state index contributed by atoms with van der Waals surface area (Å²) < 4.78 is 31.7. The molecule has 1 aromatic heterocycles. The topological polar surface area (TPSA) is 33.4 Å². The molecule has 2 nitrogen and oxygen atoms in total. The first kappa shape index (κ1) is 14.1. The Morgan fingerprint density at radius 1 is 1.10 bits per heavy atom. The molecule has 1 N–H and O–H groups in total. The van der Waals surface area contributed by atoms with Crippen LogP contribution >= 0.6 is 11.8 Å². The van der Waals surface area contributed by atoms with Gasteiger partial charge in [0.1, 0.15) is 17.7 Å². The Balaban J connectivity index is 1.73. The molecule has 5 heteroatoms. The Bertz CT molecular complexity index is 753. The third-order valence-corrected chi connectivity index (χ3v) is 4.15. The van der Waals surface area contributed by atoms with Gasteiger partial charge in [0.15, 0.2) is 11.4 Å². The van der Waals surface area contributed by atoms with E-state index in [1.807, 2.05) is 0 Å². The molecule has 1 heterocycles. The van der Waals surface area contributed by atoms with Crippen LogP contribution in [0.15, 0.2) is 57.8 Å². The lowest BCUT2D eigenvalue weighted by molar-refractivity contribution is 0.176. The van der Waals surface area contributed by atoms with Crippen LogP contribution in [0.1, 0.15) is 11.9 Å². The fraction of sp³-hybridized carbons (Fsp3) is 0.125. The molecule has 21 heavy (non-hydrogen) atoms. The van der Waals surface area contributed by atoms with Crippen LogP contribution in [0.4, 0.5) is 8.78 Å². The highest BCUT2D eigenvalue weighted by atomic mass is 32.2. The summed E-state index contributed by atoms with van der Waals surface area (Å²) in [6.07, 6.45) is -0.855. The molecule has 1 atom stereocenters. The van der Waals surface area contributed by atoms with Crippen molar-refractivity contribution in [3.8, 4) is 0 Å². The number of hydrogen-bond acceptors (Lipinski definition) is 3. The summed E-state index contributed by atoms with van der Waals surface area (Å²) in [6.45, 7) is 0. The lowest BCUT2D eigenvalue weighted by atomic mass is 10.2. The van der Waals surface area contributed by atoms with E-state index in [9.17, 15) is 13.9 Å². The quantitative estimate of drug-likeness (QED) is 0.719. The number of rotatable bonds is 4. The Morgan fingerprint density at radius 3 is 2.57 bits per heavy atom. The van der Waals surface area contributed by atoms with Crippen molar-refractivity contribution in [2.75, 3.05) is 5.75 Å². The number of aliphatic hydroxyl groups is 1. The highest BCUT2D eigenvalue weighted by Crippen LogP contribution is 2.29. The summed E-state index contributed by atoms with van der Waals surface area (Å²) in [5, 5.41) is 10.7. The van der Waals surface area contributed by atoms with Gasteiger partial charge in [-0.2, -0.15) is 0 Å². The maximum Gasteiger partial charge on any atom is 0.170 e. The second kappa shape index (κ2) is 5.87. The molecular formula is C16H12F2O2S. The molecule has 2 aromatic carbocycles. The van der Waals surface area contributed by atoms with Crippen LogP contribution in [0.2, 0.25) is 0 Å². The second-order valence-electron chi connectivity index (χ2n) is 4.59. The third kappa shape index (κ3) is 3.09. The van der Waals surface area contributed by atoms with Crippen molar-refractivity contribution in [1.82, 2.24) is 0 Å². The molecule has 0 spiro atoms. The molecular weight excluding hydrogens is 294 g/mol. The number of hydrogen-bond donors (Lipinski definition) is 1. The van der Waals surface area contributed by atoms with Crippen LogP contribution in [0, 0.1) is 11.6 Å². The van der Waals surface area contributed by atoms with E-state index in [-0.39, 0.29) is 11.4 Å². The molecule has 0 saturated heterocycles. The van der Waals surface area contributed by atoms with Crippen LogP contribution < -0.4 is 0 Å². The summed E-state index contributed by atoms with van der Waals surface area (Å²) in [5.74, 6) is -0.0814. The molecule has 0 aliphatic carbocycles. The van der Waals surface area contributed by atoms with Gasteiger partial charge in [-0.3, -0.25) is 0 Å². The lowest BCUT2D eigenvalue weighted by Crippen LogP contribution is -1.98. The maximum atomic E-state index is 13.5. The van der Waals surface area contributed by atoms with Crippen molar-refractivity contribution in [3.63, 3.8) is 0 Å². The largest absolute Gasteiger partial charge is 0.455 e. The first-order valence-corrected chi connectivity index (χ1v) is 7.36. The van der Waals surface area contributed by atoms with E-state index in [4.69, 9.17) is 4.42 Å². The molecule has 0 fully saturated rings. The Morgan fingerprint density at radius 2 is 1.86 bits per heavy atom. The van der Waals surface area contributed by atoms with Gasteiger partial charge in [0.2, 0.25) is 0 Å². The smallest absolute Gasteiger partial charge is 0.170 e. The minimum Gasteiger partial charge on any atom is -0.455 e. The average molecular weight is 306 g/mol. The zero-order chi connectivity index (χ0) is 14.8. The van der Waals surface area contributed by atoms with Crippen molar-refractivity contribution in [2.24, 2.45) is 0 Å². The van der Waals surface area contributed by atoms with Crippen molar-refractivity contribution < 1.29 is 18.3 Å². The van der Waals surface area contributed by atoms with Crippen LogP contribution in [0.5, 0.6) is 0 Å². The fourth-order valence-electron chi connectivity index (χ4n) is 2.00. The average Bonchev–Trinajstić information content (AvgIpc) is 2.92. The maximum absolute atomic E-state index is 13.5. The van der Waals surface area contributed by atoms with E-state index in [2.05, 4.69) is 0 Å². The number of halogens is 2. The lowest BCUT2D eigenvalue weighted by Gasteiger charge is -2.07. The van der Waals surface area contributed by atoms with E-state index in [0.717, 1.165) is 4.90 Å². The van der Waals surface area contributed by atoms with Gasteiger partial charge in [-0.15, -0.1) is 11.8 Å². The molecule has 0 aliphatic heterocycles. The number of fused-ring (bicyclic) bond motifs is 1. The third-order valence-electron chi connectivity index (χ3n) is 3.07. The van der Waals surface area contributed by atoms with Crippen LogP contribution in [-0.2, 0) is 0 Å². The van der Waals surface area contributed by atoms with Gasteiger partial charge in [-0.05, 0) is 36.4 Å². The van der Waals surface area contributed by atoms with E-state index < -0.39 is 11.9 Å². The number of para-hydroxylation sites is 1. The first-order valence-electron chi connectivity index (χ1n) is 6.38. The molecule has 0 amide bonds. The molecule has 0 aliphatic rings. The van der Waals surface area contributed by atoms with E-state index in [1.165, 1.54) is 30.0 Å². The minimum absolute atomic E-state index is 0.151. The van der Waals surface area contributed by atoms with Gasteiger partial charge in [0.25, 0.3) is 0 Å². The van der Waals surface area contributed by atoms with E-state index >= 15 is 0 Å². The minimum atomic E-state index is -0.855. The van der Waals surface area contributed by atoms with Gasteiger partial charge < -0.3 is 9.52 Å². The van der Waals surface area contributed by atoms with Crippen molar-refractivity contribution in [2.45, 2.75) is 11.0 Å². The van der Waals surface area contributed by atoms with E-state index in [0.29, 0.717) is 16.9 Å². The molecule has 3 aromatic rings. The molecule has 108 valence electrons. The van der Waals surface area contributed by atoms with Crippen molar-refractivity contribution in [3.05, 3.63) is 65.9 Å². The van der Waals surface area contributed by atoms with Crippen LogP contribution in [0.3, 0.4) is 0 Å². The van der Waals surface area contributed by atoms with Gasteiger partial charge in [0.05, 0.1) is 0 Å². The number of thioether (sulfide) groups is 1. The number of benzene rings is 2. The zero-order valence-electron chi connectivity index (χ0n) is 10.9. The summed E-state index contributed by atoms with van der Waals surface area (Å²) in [4.78, 5) is 0.845. The standard InChI is InChI=1S/C16H12F2O2S/c17-11-4-6-12(7-5-11)21-9-14(19)15-8-10-2-1-3-13(18)16(10)20-15/h1-8,14,19H,9H2. The van der Waals surface area contributed by atoms with Gasteiger partial charge in [-0.1, -0.05) is 12.1 Å². The summed E-state index contributed by atoms with van der Waals surface area (Å²) in [7, 11) is 0. The van der Waals surface area contributed by atoms with Crippen LogP contribution in [0.25, 0.3) is 11.0 Å². The van der Waals surface area contributed by atoms with Gasteiger partial charge in [-0.25, -0.2) is 8.78 Å². The number of aliphatic hydroxyl groups excluding tert-OH is 1. The Kier molecular flexibility index (Phi) is 3.94. The second-order valence-corrected chi connectivity index (χ2v) is 5.68. The Hall–Kier alpha value is -1.85. The summed E-state index contributed by atoms with van der Waals surface area (Å²) in [6, 6.07) is 12.3. The summed E-state index contributed by atoms with van der Waals surface area (Å²) >= 11 is 1.38. The molecule has 0 saturated carbocycles. The molecule has 3 rings (SSSR count). The van der Waals surface area contributed by atoms with Gasteiger partial charge in [0, 0.05) is 16.0 Å². The molecule has 1 unspecified atom stereocenters. The van der Waals surface area contributed by atoms with Crippen LogP contribution in [-0.4, -0.2) is 10.9 Å².